The number of nitrogens with one attached hydrogen (secondary N) is 1. The first-order chi connectivity index (χ1) is 13.4. The second-order valence-electron chi connectivity index (χ2n) is 6.31. The summed E-state index contributed by atoms with van der Waals surface area (Å²) in [5.74, 6) is -2.28. The molecule has 1 N–H and O–H groups in total. The number of ether oxygens (including phenoxy) is 1. The van der Waals surface area contributed by atoms with Crippen molar-refractivity contribution >= 4 is 41.1 Å². The van der Waals surface area contributed by atoms with E-state index in [9.17, 15) is 14.4 Å². The lowest BCUT2D eigenvalue weighted by molar-refractivity contribution is -0.131. The van der Waals surface area contributed by atoms with Gasteiger partial charge in [-0.1, -0.05) is 12.1 Å². The minimum absolute atomic E-state index is 0.258. The Morgan fingerprint density at radius 3 is 2.39 bits per heavy atom. The molecule has 1 aliphatic heterocycles. The van der Waals surface area contributed by atoms with Gasteiger partial charge in [-0.15, -0.1) is 0 Å². The van der Waals surface area contributed by atoms with Crippen LogP contribution in [0.15, 0.2) is 53.5 Å². The number of methoxy groups -OCH3 is 1. The Bertz CT molecular complexity index is 937. The number of urea groups is 1. The smallest absolute Gasteiger partial charge is 0.335 e. The van der Waals surface area contributed by atoms with Gasteiger partial charge in [0.15, 0.2) is 5.92 Å². The predicted octanol–water partition coefficient (Wildman–Crippen LogP) is 2.36. The van der Waals surface area contributed by atoms with Gasteiger partial charge in [-0.05, 0) is 36.4 Å². The van der Waals surface area contributed by atoms with Gasteiger partial charge in [-0.25, -0.2) is 9.69 Å². The molecule has 0 bridgehead atoms. The maximum Gasteiger partial charge on any atom is 0.335 e. The third-order valence-corrected chi connectivity index (χ3v) is 4.27. The highest BCUT2D eigenvalue weighted by Crippen LogP contribution is 2.30. The first kappa shape index (κ1) is 19.1. The zero-order valence-electron chi connectivity index (χ0n) is 15.7. The zero-order valence-corrected chi connectivity index (χ0v) is 15.7. The molecule has 2 aromatic carbocycles. The Morgan fingerprint density at radius 2 is 1.75 bits per heavy atom. The van der Waals surface area contributed by atoms with E-state index in [-0.39, 0.29) is 5.69 Å². The average molecular weight is 380 g/mol. The van der Waals surface area contributed by atoms with Crippen molar-refractivity contribution in [2.75, 3.05) is 31.0 Å². The number of amides is 4. The summed E-state index contributed by atoms with van der Waals surface area (Å²) in [5.41, 5.74) is 1.85. The molecule has 1 atom stereocenters. The van der Waals surface area contributed by atoms with E-state index in [1.165, 1.54) is 13.3 Å². The first-order valence-electron chi connectivity index (χ1n) is 8.55. The minimum Gasteiger partial charge on any atom is -0.495 e. The molecule has 0 unspecified atom stereocenters. The maximum atomic E-state index is 12.9. The van der Waals surface area contributed by atoms with Gasteiger partial charge in [0.1, 0.15) is 5.75 Å². The largest absolute Gasteiger partial charge is 0.495 e. The van der Waals surface area contributed by atoms with Gasteiger partial charge in [0.2, 0.25) is 5.91 Å². The molecular weight excluding hydrogens is 360 g/mol. The van der Waals surface area contributed by atoms with E-state index in [1.54, 1.807) is 36.4 Å². The highest BCUT2D eigenvalue weighted by molar-refractivity contribution is 6.33. The summed E-state index contributed by atoms with van der Waals surface area (Å²) >= 11 is 0. The summed E-state index contributed by atoms with van der Waals surface area (Å²) < 4.78 is 5.22. The fraction of sp³-hybridized carbons (Fsp3) is 0.200. The molecule has 1 saturated heterocycles. The lowest BCUT2D eigenvalue weighted by Gasteiger charge is -2.29. The Kier molecular flexibility index (Phi) is 5.39. The topological polar surface area (TPSA) is 91.3 Å². The number of imide groups is 2. The SMILES string of the molecule is COc1ccccc1N1C(=O)NC(=O)[C@H](C=Nc2ccc(N(C)C)cc2)C1=O. The first-order valence-corrected chi connectivity index (χ1v) is 8.55. The van der Waals surface area contributed by atoms with Gasteiger partial charge < -0.3 is 9.64 Å². The van der Waals surface area contributed by atoms with Crippen molar-refractivity contribution in [1.29, 1.82) is 0 Å². The molecule has 0 radical (unpaired) electrons. The van der Waals surface area contributed by atoms with Crippen LogP contribution in [0, 0.1) is 5.92 Å². The number of para-hydroxylation sites is 2. The highest BCUT2D eigenvalue weighted by Gasteiger charge is 2.41. The van der Waals surface area contributed by atoms with Gasteiger partial charge >= 0.3 is 6.03 Å². The second kappa shape index (κ2) is 7.91. The molecule has 28 heavy (non-hydrogen) atoms. The lowest BCUT2D eigenvalue weighted by Crippen LogP contribution is -2.58. The molecule has 8 nitrogen and oxygen atoms in total. The average Bonchev–Trinajstić information content (AvgIpc) is 2.68. The fourth-order valence-electron chi connectivity index (χ4n) is 2.76. The molecule has 0 spiro atoms. The monoisotopic (exact) mass is 380 g/mol. The van der Waals surface area contributed by atoms with Crippen molar-refractivity contribution in [2.45, 2.75) is 0 Å². The van der Waals surface area contributed by atoms with Crippen molar-refractivity contribution in [2.24, 2.45) is 10.9 Å². The van der Waals surface area contributed by atoms with Crippen LogP contribution < -0.4 is 19.9 Å². The van der Waals surface area contributed by atoms with Crippen LogP contribution in [0.5, 0.6) is 5.75 Å². The molecule has 1 heterocycles. The van der Waals surface area contributed by atoms with E-state index in [0.717, 1.165) is 10.6 Å². The molecular formula is C20H20N4O4. The number of barbiturate groups is 1. The molecule has 1 aliphatic rings. The number of carbonyl (C=O) groups excluding carboxylic acids is 3. The van der Waals surface area contributed by atoms with Gasteiger partial charge in [0.25, 0.3) is 5.91 Å². The number of anilines is 2. The van der Waals surface area contributed by atoms with Crippen LogP contribution >= 0.6 is 0 Å². The molecule has 3 rings (SSSR count). The second-order valence-corrected chi connectivity index (χ2v) is 6.31. The van der Waals surface area contributed by atoms with Gasteiger partial charge in [-0.3, -0.25) is 19.9 Å². The van der Waals surface area contributed by atoms with E-state index in [1.807, 2.05) is 31.1 Å². The maximum absolute atomic E-state index is 12.9. The van der Waals surface area contributed by atoms with Gasteiger partial charge in [0, 0.05) is 26.0 Å². The van der Waals surface area contributed by atoms with Crippen molar-refractivity contribution < 1.29 is 19.1 Å². The molecule has 2 aromatic rings. The number of benzene rings is 2. The van der Waals surface area contributed by atoms with E-state index in [4.69, 9.17) is 4.74 Å². The molecule has 1 fully saturated rings. The Labute approximate surface area is 162 Å². The summed E-state index contributed by atoms with van der Waals surface area (Å²) in [7, 11) is 5.28. The van der Waals surface area contributed by atoms with Crippen LogP contribution in [0.2, 0.25) is 0 Å². The lowest BCUT2D eigenvalue weighted by atomic mass is 10.1. The Balaban J connectivity index is 1.87. The predicted molar refractivity (Wildman–Crippen MR) is 106 cm³/mol. The number of hydrogen-bond acceptors (Lipinski definition) is 6. The van der Waals surface area contributed by atoms with Crippen LogP contribution in [-0.4, -0.2) is 45.3 Å². The number of nitrogens with zero attached hydrogens (tertiary/aromatic N) is 3. The molecule has 144 valence electrons. The summed E-state index contributed by atoms with van der Waals surface area (Å²) in [6.45, 7) is 0. The van der Waals surface area contributed by atoms with Crippen molar-refractivity contribution in [3.63, 3.8) is 0 Å². The van der Waals surface area contributed by atoms with E-state index >= 15 is 0 Å². The van der Waals surface area contributed by atoms with Crippen LogP contribution in [-0.2, 0) is 9.59 Å². The number of aliphatic imine (C=N–C) groups is 1. The summed E-state index contributed by atoms with van der Waals surface area (Å²) in [6.07, 6.45) is 1.25. The Morgan fingerprint density at radius 1 is 1.07 bits per heavy atom. The number of rotatable bonds is 5. The van der Waals surface area contributed by atoms with Crippen molar-refractivity contribution in [3.8, 4) is 5.75 Å². The third-order valence-electron chi connectivity index (χ3n) is 4.27. The van der Waals surface area contributed by atoms with Crippen LogP contribution in [0.4, 0.5) is 21.9 Å². The quantitative estimate of drug-likeness (QED) is 0.635. The summed E-state index contributed by atoms with van der Waals surface area (Å²) in [6, 6.07) is 13.1. The molecule has 0 saturated carbocycles. The number of carbonyl (C=O) groups is 3. The van der Waals surface area contributed by atoms with E-state index in [0.29, 0.717) is 11.4 Å². The van der Waals surface area contributed by atoms with Crippen LogP contribution in [0.25, 0.3) is 0 Å². The van der Waals surface area contributed by atoms with Gasteiger partial charge in [0.05, 0.1) is 18.5 Å². The molecule has 0 aliphatic carbocycles. The molecule has 0 aromatic heterocycles. The zero-order chi connectivity index (χ0) is 20.3. The molecule has 8 heteroatoms. The van der Waals surface area contributed by atoms with Crippen molar-refractivity contribution in [1.82, 2.24) is 5.32 Å². The summed E-state index contributed by atoms with van der Waals surface area (Å²) in [5, 5.41) is 2.19. The van der Waals surface area contributed by atoms with E-state index in [2.05, 4.69) is 10.3 Å². The standard InChI is InChI=1S/C20H20N4O4/c1-23(2)14-10-8-13(9-11-14)21-12-15-18(25)22-20(27)24(19(15)26)16-6-4-5-7-17(16)28-3/h4-12,15H,1-3H3,(H,22,25,27)/t15-/m0/s1. The highest BCUT2D eigenvalue weighted by atomic mass is 16.5. The third kappa shape index (κ3) is 3.71. The van der Waals surface area contributed by atoms with Crippen LogP contribution in [0.1, 0.15) is 0 Å². The van der Waals surface area contributed by atoms with Gasteiger partial charge in [-0.2, -0.15) is 0 Å². The Hall–Kier alpha value is -3.68. The van der Waals surface area contributed by atoms with Crippen molar-refractivity contribution in [3.05, 3.63) is 48.5 Å². The normalized spacial score (nSPS) is 17.0. The van der Waals surface area contributed by atoms with E-state index < -0.39 is 23.8 Å². The summed E-state index contributed by atoms with van der Waals surface area (Å²) in [4.78, 5) is 44.4. The fourth-order valence-corrected chi connectivity index (χ4v) is 2.76. The number of hydrogen-bond donors (Lipinski definition) is 1. The minimum atomic E-state index is -1.23. The van der Waals surface area contributed by atoms with Crippen LogP contribution in [0.3, 0.4) is 0 Å². The molecule has 4 amide bonds.